The van der Waals surface area contributed by atoms with Crippen LogP contribution < -0.4 is 11.3 Å². The molecule has 0 radical (unpaired) electrons. The van der Waals surface area contributed by atoms with Gasteiger partial charge < -0.3 is 5.11 Å². The van der Waals surface area contributed by atoms with Gasteiger partial charge in [0.25, 0.3) is 0 Å². The van der Waals surface area contributed by atoms with Crippen molar-refractivity contribution in [2.24, 2.45) is 5.84 Å². The van der Waals surface area contributed by atoms with E-state index in [2.05, 4.69) is 22.2 Å². The van der Waals surface area contributed by atoms with Gasteiger partial charge in [0.05, 0.1) is 5.60 Å². The molecule has 0 fully saturated rings. The molecule has 0 atom stereocenters. The number of nitrogens with two attached hydrogens (primary N) is 1. The van der Waals surface area contributed by atoms with Crippen LogP contribution in [0.3, 0.4) is 0 Å². The largest absolute Gasteiger partial charge is 0.389 e. The molecule has 0 amide bonds. The number of hydrazine groups is 1. The van der Waals surface area contributed by atoms with E-state index >= 15 is 0 Å². The van der Waals surface area contributed by atoms with E-state index in [1.807, 2.05) is 20.0 Å². The summed E-state index contributed by atoms with van der Waals surface area (Å²) < 4.78 is 0. The molecule has 92 valence electrons. The van der Waals surface area contributed by atoms with Gasteiger partial charge >= 0.3 is 0 Å². The Morgan fingerprint density at radius 3 is 2.75 bits per heavy atom. The summed E-state index contributed by atoms with van der Waals surface area (Å²) in [5.74, 6) is 5.27. The molecular formula is C10H20N4OS. The second-order valence-corrected chi connectivity index (χ2v) is 5.51. The van der Waals surface area contributed by atoms with Crippen molar-refractivity contribution >= 4 is 16.5 Å². The van der Waals surface area contributed by atoms with E-state index in [9.17, 15) is 5.11 Å². The van der Waals surface area contributed by atoms with Crippen LogP contribution in [0.25, 0.3) is 0 Å². The first-order valence-electron chi connectivity index (χ1n) is 5.30. The molecule has 0 aliphatic heterocycles. The molecule has 0 aliphatic rings. The van der Waals surface area contributed by atoms with Crippen molar-refractivity contribution in [3.05, 3.63) is 11.1 Å². The van der Waals surface area contributed by atoms with Gasteiger partial charge in [-0.15, -0.1) is 0 Å². The number of thiazole rings is 1. The van der Waals surface area contributed by atoms with Crippen LogP contribution in [0.15, 0.2) is 6.20 Å². The number of aromatic nitrogens is 1. The van der Waals surface area contributed by atoms with Gasteiger partial charge in [-0.1, -0.05) is 18.3 Å². The third-order valence-corrected chi connectivity index (χ3v) is 3.03. The minimum absolute atomic E-state index is 0.646. The Balaban J connectivity index is 2.56. The Labute approximate surface area is 100 Å². The van der Waals surface area contributed by atoms with Crippen LogP contribution in [-0.2, 0) is 6.54 Å². The first-order valence-corrected chi connectivity index (χ1v) is 6.12. The zero-order valence-corrected chi connectivity index (χ0v) is 10.8. The van der Waals surface area contributed by atoms with E-state index in [1.54, 1.807) is 0 Å². The molecule has 16 heavy (non-hydrogen) atoms. The second-order valence-electron chi connectivity index (χ2n) is 4.39. The van der Waals surface area contributed by atoms with E-state index in [-0.39, 0.29) is 0 Å². The summed E-state index contributed by atoms with van der Waals surface area (Å²) in [6.07, 6.45) is 1.81. The second kappa shape index (κ2) is 5.58. The van der Waals surface area contributed by atoms with Crippen LogP contribution >= 0.6 is 11.3 Å². The summed E-state index contributed by atoms with van der Waals surface area (Å²) in [6.45, 7) is 8.04. The summed E-state index contributed by atoms with van der Waals surface area (Å²) in [7, 11) is 0. The number of rotatable bonds is 6. The average molecular weight is 244 g/mol. The Morgan fingerprint density at radius 1 is 1.62 bits per heavy atom. The number of hydrogen-bond donors (Lipinski definition) is 3. The van der Waals surface area contributed by atoms with Gasteiger partial charge in [0.15, 0.2) is 5.13 Å². The van der Waals surface area contributed by atoms with Gasteiger partial charge in [0.1, 0.15) is 0 Å². The maximum atomic E-state index is 9.76. The van der Waals surface area contributed by atoms with Crippen LogP contribution in [0, 0.1) is 0 Å². The molecule has 0 saturated heterocycles. The third-order valence-electron chi connectivity index (χ3n) is 2.11. The molecule has 5 nitrogen and oxygen atoms in total. The van der Waals surface area contributed by atoms with Crippen molar-refractivity contribution in [3.8, 4) is 0 Å². The summed E-state index contributed by atoms with van der Waals surface area (Å²) in [4.78, 5) is 7.42. The molecule has 0 spiro atoms. The minimum atomic E-state index is -0.671. The SMILES string of the molecule is CCN(Cc1cnc(NN)s1)CC(C)(C)O. The van der Waals surface area contributed by atoms with Crippen LogP contribution in [-0.4, -0.2) is 33.7 Å². The fraction of sp³-hybridized carbons (Fsp3) is 0.700. The van der Waals surface area contributed by atoms with Crippen molar-refractivity contribution in [2.75, 3.05) is 18.5 Å². The molecule has 1 aromatic heterocycles. The lowest BCUT2D eigenvalue weighted by atomic mass is 10.1. The molecule has 1 aromatic rings. The van der Waals surface area contributed by atoms with Crippen molar-refractivity contribution in [3.63, 3.8) is 0 Å². The van der Waals surface area contributed by atoms with Crippen molar-refractivity contribution < 1.29 is 5.11 Å². The molecule has 1 rings (SSSR count). The first-order chi connectivity index (χ1) is 7.44. The lowest BCUT2D eigenvalue weighted by molar-refractivity contribution is 0.0356. The number of aliphatic hydroxyl groups is 1. The molecule has 6 heteroatoms. The van der Waals surface area contributed by atoms with Crippen LogP contribution in [0.1, 0.15) is 25.6 Å². The monoisotopic (exact) mass is 244 g/mol. The fourth-order valence-corrected chi connectivity index (χ4v) is 2.26. The quantitative estimate of drug-likeness (QED) is 0.514. The molecule has 1 heterocycles. The first kappa shape index (κ1) is 13.4. The van der Waals surface area contributed by atoms with Gasteiger partial charge in [-0.25, -0.2) is 10.8 Å². The highest BCUT2D eigenvalue weighted by Crippen LogP contribution is 2.19. The zero-order valence-electron chi connectivity index (χ0n) is 10.0. The summed E-state index contributed by atoms with van der Waals surface area (Å²) >= 11 is 1.53. The highest BCUT2D eigenvalue weighted by atomic mass is 32.1. The van der Waals surface area contributed by atoms with Crippen molar-refractivity contribution in [1.29, 1.82) is 0 Å². The Morgan fingerprint density at radius 2 is 2.31 bits per heavy atom. The van der Waals surface area contributed by atoms with Gasteiger partial charge in [-0.3, -0.25) is 10.3 Å². The van der Waals surface area contributed by atoms with Gasteiger partial charge in [0.2, 0.25) is 0 Å². The predicted octanol–water partition coefficient (Wildman–Crippen LogP) is 1.02. The fourth-order valence-electron chi connectivity index (χ4n) is 1.49. The number of nitrogen functional groups attached to an aromatic ring is 1. The molecular weight excluding hydrogens is 224 g/mol. The molecule has 0 unspecified atom stereocenters. The van der Waals surface area contributed by atoms with Gasteiger partial charge in [-0.05, 0) is 20.4 Å². The van der Waals surface area contributed by atoms with Gasteiger partial charge in [0, 0.05) is 24.2 Å². The minimum Gasteiger partial charge on any atom is -0.389 e. The van der Waals surface area contributed by atoms with E-state index in [0.717, 1.165) is 18.0 Å². The van der Waals surface area contributed by atoms with Crippen molar-refractivity contribution in [2.45, 2.75) is 32.9 Å². The topological polar surface area (TPSA) is 74.4 Å². The van der Waals surface area contributed by atoms with Gasteiger partial charge in [-0.2, -0.15) is 0 Å². The van der Waals surface area contributed by atoms with Crippen LogP contribution in [0.5, 0.6) is 0 Å². The summed E-state index contributed by atoms with van der Waals surface area (Å²) in [5.41, 5.74) is 1.86. The molecule has 0 aliphatic carbocycles. The van der Waals surface area contributed by atoms with E-state index in [1.165, 1.54) is 11.3 Å². The van der Waals surface area contributed by atoms with E-state index in [0.29, 0.717) is 11.7 Å². The summed E-state index contributed by atoms with van der Waals surface area (Å²) in [6, 6.07) is 0. The van der Waals surface area contributed by atoms with Crippen LogP contribution in [0.2, 0.25) is 0 Å². The maximum Gasteiger partial charge on any atom is 0.197 e. The third kappa shape index (κ3) is 4.44. The number of nitrogens with one attached hydrogen (secondary N) is 1. The Hall–Kier alpha value is -0.690. The number of nitrogens with zero attached hydrogens (tertiary/aromatic N) is 2. The normalized spacial score (nSPS) is 12.1. The molecule has 0 bridgehead atoms. The summed E-state index contributed by atoms with van der Waals surface area (Å²) in [5, 5.41) is 10.5. The number of likely N-dealkylation sites (N-methyl/N-ethyl adjacent to an activating group) is 1. The van der Waals surface area contributed by atoms with Crippen molar-refractivity contribution in [1.82, 2.24) is 9.88 Å². The molecule has 0 aromatic carbocycles. The van der Waals surface area contributed by atoms with E-state index < -0.39 is 5.60 Å². The highest BCUT2D eigenvalue weighted by molar-refractivity contribution is 7.15. The predicted molar refractivity (Wildman–Crippen MR) is 67.2 cm³/mol. The highest BCUT2D eigenvalue weighted by Gasteiger charge is 2.17. The standard InChI is InChI=1S/C10H20N4OS/c1-4-14(7-10(2,3)15)6-8-5-12-9(13-11)16-8/h5,15H,4,6-7,11H2,1-3H3,(H,12,13). The lowest BCUT2D eigenvalue weighted by Crippen LogP contribution is -2.37. The average Bonchev–Trinajstić information content (AvgIpc) is 2.62. The molecule has 0 saturated carbocycles. The smallest absolute Gasteiger partial charge is 0.197 e. The maximum absolute atomic E-state index is 9.76. The number of anilines is 1. The number of hydrogen-bond acceptors (Lipinski definition) is 6. The Kier molecular flexibility index (Phi) is 4.67. The molecule has 4 N–H and O–H groups in total. The van der Waals surface area contributed by atoms with Crippen LogP contribution in [0.4, 0.5) is 5.13 Å². The Bertz CT molecular complexity index is 321. The lowest BCUT2D eigenvalue weighted by Gasteiger charge is -2.27. The zero-order chi connectivity index (χ0) is 12.2. The van der Waals surface area contributed by atoms with E-state index in [4.69, 9.17) is 5.84 Å².